The largest absolute Gasteiger partial charge is 0.361 e. The standard InChI is InChI=1S/C18H18N6O/c1-11-7-3-5-9-13(11)20-17-21-16(19)22-18(23-17)12-8-4-6-10-14(12)24(2)15(18)25/h3-10H,1-2H3,(H4,19,20,21,22,23)/p+2/t18-/m0/s1. The number of carbonyl (C=O) groups is 1. The van der Waals surface area contributed by atoms with Crippen molar-refractivity contribution in [2.75, 3.05) is 17.3 Å². The Morgan fingerprint density at radius 2 is 1.84 bits per heavy atom. The van der Waals surface area contributed by atoms with Gasteiger partial charge in [0, 0.05) is 7.05 Å². The third-order valence-corrected chi connectivity index (χ3v) is 4.59. The molecule has 1 spiro atoms. The molecule has 1 amide bonds. The average molecular weight is 336 g/mol. The van der Waals surface area contributed by atoms with Crippen LogP contribution in [0.25, 0.3) is 0 Å². The van der Waals surface area contributed by atoms with Crippen LogP contribution in [0.1, 0.15) is 11.1 Å². The summed E-state index contributed by atoms with van der Waals surface area (Å²) in [6.07, 6.45) is 0. The van der Waals surface area contributed by atoms with Crippen LogP contribution in [0.15, 0.2) is 48.5 Å². The molecule has 7 heteroatoms. The van der Waals surface area contributed by atoms with Gasteiger partial charge in [0.1, 0.15) is 5.69 Å². The van der Waals surface area contributed by atoms with E-state index in [1.54, 1.807) is 11.9 Å². The van der Waals surface area contributed by atoms with Crippen molar-refractivity contribution < 1.29 is 14.8 Å². The zero-order valence-corrected chi connectivity index (χ0v) is 14.1. The summed E-state index contributed by atoms with van der Waals surface area (Å²) in [5, 5.41) is 6.30. The predicted octanol–water partition coefficient (Wildman–Crippen LogP) is -2.33. The minimum absolute atomic E-state index is 0.123. The summed E-state index contributed by atoms with van der Waals surface area (Å²) in [5.74, 6) is 0.722. The van der Waals surface area contributed by atoms with Crippen molar-refractivity contribution in [1.29, 1.82) is 0 Å². The Morgan fingerprint density at radius 3 is 2.64 bits per heavy atom. The van der Waals surface area contributed by atoms with Gasteiger partial charge in [-0.05, 0) is 30.7 Å². The fourth-order valence-electron chi connectivity index (χ4n) is 3.33. The molecule has 2 aromatic carbocycles. The van der Waals surface area contributed by atoms with Crippen molar-refractivity contribution in [3.05, 3.63) is 59.7 Å². The van der Waals surface area contributed by atoms with Crippen molar-refractivity contribution in [2.45, 2.75) is 12.6 Å². The molecule has 0 aliphatic carbocycles. The van der Waals surface area contributed by atoms with Crippen LogP contribution in [0, 0.1) is 6.92 Å². The minimum atomic E-state index is -1.13. The predicted molar refractivity (Wildman–Crippen MR) is 95.6 cm³/mol. The van der Waals surface area contributed by atoms with Crippen LogP contribution >= 0.6 is 0 Å². The molecule has 0 saturated carbocycles. The van der Waals surface area contributed by atoms with Gasteiger partial charge in [0.25, 0.3) is 0 Å². The molecule has 2 aliphatic rings. The molecule has 0 radical (unpaired) electrons. The summed E-state index contributed by atoms with van der Waals surface area (Å²) in [6, 6.07) is 15.5. The molecule has 126 valence electrons. The van der Waals surface area contributed by atoms with E-state index in [0.717, 1.165) is 22.5 Å². The molecule has 0 bridgehead atoms. The monoisotopic (exact) mass is 336 g/mol. The van der Waals surface area contributed by atoms with Gasteiger partial charge < -0.3 is 4.90 Å². The summed E-state index contributed by atoms with van der Waals surface area (Å²) < 4.78 is 0. The first-order chi connectivity index (χ1) is 12.0. The summed E-state index contributed by atoms with van der Waals surface area (Å²) >= 11 is 0. The van der Waals surface area contributed by atoms with Crippen LogP contribution in [0.3, 0.4) is 0 Å². The third kappa shape index (κ3) is 2.24. The van der Waals surface area contributed by atoms with Gasteiger partial charge in [-0.1, -0.05) is 30.3 Å². The second kappa shape index (κ2) is 5.34. The zero-order valence-electron chi connectivity index (χ0n) is 14.1. The highest BCUT2D eigenvalue weighted by atomic mass is 16.2. The number of nitrogens with two attached hydrogens (primary N) is 1. The number of para-hydroxylation sites is 2. The van der Waals surface area contributed by atoms with E-state index in [1.165, 1.54) is 0 Å². The van der Waals surface area contributed by atoms with Gasteiger partial charge >= 0.3 is 23.5 Å². The quantitative estimate of drug-likeness (QED) is 0.404. The number of hydrogen-bond donors (Lipinski definition) is 5. The lowest BCUT2D eigenvalue weighted by Crippen LogP contribution is -3.14. The van der Waals surface area contributed by atoms with E-state index < -0.39 is 5.66 Å². The van der Waals surface area contributed by atoms with E-state index in [1.807, 2.05) is 55.5 Å². The van der Waals surface area contributed by atoms with Gasteiger partial charge in [0.05, 0.1) is 11.3 Å². The molecule has 2 aliphatic heterocycles. The van der Waals surface area contributed by atoms with Gasteiger partial charge in [-0.2, -0.15) is 5.32 Å². The van der Waals surface area contributed by atoms with Crippen molar-refractivity contribution in [1.82, 2.24) is 5.32 Å². The van der Waals surface area contributed by atoms with Crippen LogP contribution in [-0.4, -0.2) is 24.9 Å². The van der Waals surface area contributed by atoms with E-state index in [-0.39, 0.29) is 5.91 Å². The first-order valence-corrected chi connectivity index (χ1v) is 8.04. The summed E-state index contributed by atoms with van der Waals surface area (Å²) in [7, 11) is 1.76. The van der Waals surface area contributed by atoms with Gasteiger partial charge in [0.15, 0.2) is 0 Å². The normalized spacial score (nSPS) is 21.5. The van der Waals surface area contributed by atoms with Crippen LogP contribution in [0.5, 0.6) is 0 Å². The van der Waals surface area contributed by atoms with Crippen molar-refractivity contribution in [3.63, 3.8) is 0 Å². The maximum Gasteiger partial charge on any atom is 0.361 e. The van der Waals surface area contributed by atoms with Gasteiger partial charge in [0.2, 0.25) is 0 Å². The lowest BCUT2D eigenvalue weighted by molar-refractivity contribution is -0.789. The Balaban J connectivity index is 1.82. The molecule has 7 nitrogen and oxygen atoms in total. The van der Waals surface area contributed by atoms with Crippen LogP contribution < -0.4 is 31.3 Å². The molecule has 2 heterocycles. The number of rotatable bonds is 1. The molecule has 0 fully saturated rings. The highest BCUT2D eigenvalue weighted by Gasteiger charge is 2.55. The number of benzene rings is 2. The molecule has 0 unspecified atom stereocenters. The lowest BCUT2D eigenvalue weighted by Gasteiger charge is -2.22. The number of guanidine groups is 2. The van der Waals surface area contributed by atoms with E-state index in [4.69, 9.17) is 5.73 Å². The number of likely N-dealkylation sites (N-methyl/N-ethyl adjacent to an activating group) is 1. The molecular weight excluding hydrogens is 316 g/mol. The number of carbonyl (C=O) groups excluding carboxylic acids is 1. The van der Waals surface area contributed by atoms with Gasteiger partial charge in [-0.15, -0.1) is 0 Å². The maximum atomic E-state index is 13.0. The Hall–Kier alpha value is -3.35. The number of nitrogens with zero attached hydrogens (tertiary/aromatic N) is 1. The van der Waals surface area contributed by atoms with Crippen molar-refractivity contribution in [3.8, 4) is 0 Å². The van der Waals surface area contributed by atoms with Crippen molar-refractivity contribution >= 4 is 29.2 Å². The maximum absolute atomic E-state index is 13.0. The first kappa shape index (κ1) is 15.2. The molecule has 0 aromatic heterocycles. The molecule has 2 aromatic rings. The SMILES string of the molecule is Cc1ccccc1NC1=[NH+][C@]2([NH+]=C(N)N1)C(=O)N(C)c1ccccc12. The fraction of sp³-hybridized carbons (Fsp3) is 0.167. The number of aryl methyl sites for hydroxylation is 1. The highest BCUT2D eigenvalue weighted by Crippen LogP contribution is 2.32. The van der Waals surface area contributed by atoms with Gasteiger partial charge in [-0.25, -0.2) is 15.3 Å². The molecule has 25 heavy (non-hydrogen) atoms. The smallest absolute Gasteiger partial charge is 0.308 e. The topological polar surface area (TPSA) is 98.3 Å². The second-order valence-electron chi connectivity index (χ2n) is 6.23. The summed E-state index contributed by atoms with van der Waals surface area (Å²) in [5.41, 5.74) is 8.61. The number of nitrogens with one attached hydrogen (secondary N) is 4. The molecule has 0 saturated heterocycles. The fourth-order valence-corrected chi connectivity index (χ4v) is 3.33. The van der Waals surface area contributed by atoms with Gasteiger partial charge in [-0.3, -0.25) is 10.5 Å². The average Bonchev–Trinajstić information content (AvgIpc) is 2.79. The molecule has 4 rings (SSSR count). The zero-order chi connectivity index (χ0) is 17.6. The highest BCUT2D eigenvalue weighted by molar-refractivity contribution is 6.07. The Bertz CT molecular complexity index is 935. The third-order valence-electron chi connectivity index (χ3n) is 4.59. The number of anilines is 2. The van der Waals surface area contributed by atoms with E-state index in [9.17, 15) is 4.79 Å². The molecule has 1 atom stereocenters. The number of hydrogen-bond acceptors (Lipinski definition) is 4. The van der Waals surface area contributed by atoms with Crippen LogP contribution in [-0.2, 0) is 10.5 Å². The first-order valence-electron chi connectivity index (χ1n) is 8.04. The molecular formula is C18H20N6O+2. The number of fused-ring (bicyclic) bond motifs is 2. The van der Waals surface area contributed by atoms with E-state index >= 15 is 0 Å². The Labute approximate surface area is 145 Å². The van der Waals surface area contributed by atoms with Crippen LogP contribution in [0.2, 0.25) is 0 Å². The van der Waals surface area contributed by atoms with Crippen LogP contribution in [0.4, 0.5) is 11.4 Å². The minimum Gasteiger partial charge on any atom is -0.308 e. The Morgan fingerprint density at radius 1 is 1.12 bits per heavy atom. The van der Waals surface area contributed by atoms with Crippen molar-refractivity contribution in [2.24, 2.45) is 5.73 Å². The summed E-state index contributed by atoms with van der Waals surface area (Å²) in [4.78, 5) is 21.0. The second-order valence-corrected chi connectivity index (χ2v) is 6.23. The van der Waals surface area contributed by atoms with E-state index in [0.29, 0.717) is 11.9 Å². The summed E-state index contributed by atoms with van der Waals surface area (Å²) in [6.45, 7) is 2.01. The number of amides is 1. The molecule has 6 N–H and O–H groups in total. The van der Waals surface area contributed by atoms with E-state index in [2.05, 4.69) is 20.6 Å². The Kier molecular flexibility index (Phi) is 3.24. The lowest BCUT2D eigenvalue weighted by atomic mass is 10.0.